The SMILES string of the molecule is CCCl.COc1cc(C(=Nc2ccc(F)c(Cl)c2C)NN)c(N)cc1OCCCN1CCOCC1. The number of nitrogens with zero attached hydrogens (tertiary/aromatic N) is 2. The normalized spacial score (nSPS) is 14.2. The van der Waals surface area contributed by atoms with Crippen molar-refractivity contribution in [3.05, 3.63) is 46.2 Å². The van der Waals surface area contributed by atoms with Gasteiger partial charge in [0.1, 0.15) is 11.7 Å². The molecule has 0 radical (unpaired) electrons. The van der Waals surface area contributed by atoms with Crippen molar-refractivity contribution in [2.45, 2.75) is 20.3 Å². The Kier molecular flexibility index (Phi) is 12.4. The number of halogens is 3. The molecule has 0 unspecified atom stereocenters. The molecule has 5 N–H and O–H groups in total. The number of nitrogens with two attached hydrogens (primary N) is 2. The second kappa shape index (κ2) is 15.0. The van der Waals surface area contributed by atoms with E-state index >= 15 is 0 Å². The molecule has 0 saturated carbocycles. The lowest BCUT2D eigenvalue weighted by Crippen LogP contribution is -2.37. The summed E-state index contributed by atoms with van der Waals surface area (Å²) in [6.45, 7) is 8.46. The molecule has 0 atom stereocenters. The maximum atomic E-state index is 13.7. The highest BCUT2D eigenvalue weighted by Gasteiger charge is 2.16. The molecule has 0 amide bonds. The maximum Gasteiger partial charge on any atom is 0.163 e. The number of ether oxygens (including phenoxy) is 3. The smallest absolute Gasteiger partial charge is 0.163 e. The Morgan fingerprint density at radius 3 is 2.57 bits per heavy atom. The Morgan fingerprint density at radius 1 is 1.26 bits per heavy atom. The molecule has 8 nitrogen and oxygen atoms in total. The van der Waals surface area contributed by atoms with Crippen LogP contribution in [0, 0.1) is 12.7 Å². The van der Waals surface area contributed by atoms with E-state index in [-0.39, 0.29) is 10.9 Å². The van der Waals surface area contributed by atoms with Crippen LogP contribution in [0.2, 0.25) is 5.02 Å². The van der Waals surface area contributed by atoms with E-state index in [0.717, 1.165) is 45.1 Å². The van der Waals surface area contributed by atoms with Gasteiger partial charge in [0.25, 0.3) is 0 Å². The summed E-state index contributed by atoms with van der Waals surface area (Å²) in [6.07, 6.45) is 0.868. The number of benzene rings is 2. The van der Waals surface area contributed by atoms with Crippen molar-refractivity contribution in [3.63, 3.8) is 0 Å². The number of morpholine rings is 1. The molecular weight excluding hydrogens is 496 g/mol. The lowest BCUT2D eigenvalue weighted by atomic mass is 10.1. The van der Waals surface area contributed by atoms with Crippen LogP contribution in [0.5, 0.6) is 11.5 Å². The van der Waals surface area contributed by atoms with Crippen LogP contribution in [0.15, 0.2) is 29.3 Å². The summed E-state index contributed by atoms with van der Waals surface area (Å²) in [5, 5.41) is 0.00833. The number of rotatable bonds is 8. The zero-order valence-corrected chi connectivity index (χ0v) is 21.9. The largest absolute Gasteiger partial charge is 0.493 e. The fourth-order valence-corrected chi connectivity index (χ4v) is 3.56. The van der Waals surface area contributed by atoms with E-state index in [2.05, 4.69) is 15.3 Å². The van der Waals surface area contributed by atoms with Gasteiger partial charge in [0.05, 0.1) is 37.6 Å². The van der Waals surface area contributed by atoms with Crippen LogP contribution < -0.4 is 26.5 Å². The van der Waals surface area contributed by atoms with Gasteiger partial charge in [0.2, 0.25) is 0 Å². The van der Waals surface area contributed by atoms with Crippen molar-refractivity contribution in [1.29, 1.82) is 0 Å². The molecular formula is C24H34Cl2FN5O3. The fourth-order valence-electron chi connectivity index (χ4n) is 3.40. The number of hydrogen-bond acceptors (Lipinski definition) is 7. The first-order chi connectivity index (χ1) is 16.9. The van der Waals surface area contributed by atoms with Gasteiger partial charge in [-0.2, -0.15) is 0 Å². The van der Waals surface area contributed by atoms with E-state index in [1.807, 2.05) is 6.92 Å². The van der Waals surface area contributed by atoms with E-state index < -0.39 is 5.82 Å². The van der Waals surface area contributed by atoms with Crippen molar-refractivity contribution in [2.75, 3.05) is 58.2 Å². The molecule has 194 valence electrons. The quantitative estimate of drug-likeness (QED) is 0.0890. The molecule has 0 spiro atoms. The van der Waals surface area contributed by atoms with Gasteiger partial charge in [-0.25, -0.2) is 15.2 Å². The van der Waals surface area contributed by atoms with E-state index in [1.165, 1.54) is 12.1 Å². The Bertz CT molecular complexity index is 988. The topological polar surface area (TPSA) is 107 Å². The van der Waals surface area contributed by atoms with Gasteiger partial charge >= 0.3 is 0 Å². The minimum Gasteiger partial charge on any atom is -0.493 e. The molecule has 0 bridgehead atoms. The van der Waals surface area contributed by atoms with Gasteiger partial charge in [0.15, 0.2) is 11.5 Å². The van der Waals surface area contributed by atoms with Crippen molar-refractivity contribution < 1.29 is 18.6 Å². The molecule has 1 aliphatic heterocycles. The van der Waals surface area contributed by atoms with Crippen LogP contribution in [0.1, 0.15) is 24.5 Å². The Morgan fingerprint density at radius 2 is 1.94 bits per heavy atom. The highest BCUT2D eigenvalue weighted by molar-refractivity contribution is 6.31. The number of aliphatic imine (C=N–C) groups is 1. The number of methoxy groups -OCH3 is 1. The summed E-state index contributed by atoms with van der Waals surface area (Å²) in [5.41, 5.74) is 10.7. The van der Waals surface area contributed by atoms with Crippen molar-refractivity contribution >= 4 is 40.4 Å². The Labute approximate surface area is 216 Å². The number of nitrogens with one attached hydrogen (secondary N) is 1. The number of amidine groups is 1. The summed E-state index contributed by atoms with van der Waals surface area (Å²) in [5.74, 6) is 7.23. The standard InChI is InChI=1S/C22H29ClFN5O3.C2H5Cl/c1-14-18(5-4-16(24)21(14)23)27-22(28-26)15-12-19(30-2)20(13-17(15)25)32-9-3-6-29-7-10-31-11-8-29;1-2-3/h4-5,12-13H,3,6-11,25-26H2,1-2H3,(H,27,28);2H2,1H3. The predicted molar refractivity (Wildman–Crippen MR) is 141 cm³/mol. The third kappa shape index (κ3) is 8.40. The van der Waals surface area contributed by atoms with Crippen LogP contribution in [0.3, 0.4) is 0 Å². The molecule has 1 fully saturated rings. The third-order valence-electron chi connectivity index (χ3n) is 5.25. The lowest BCUT2D eigenvalue weighted by Gasteiger charge is -2.26. The molecule has 3 rings (SSSR count). The van der Waals surface area contributed by atoms with E-state index in [9.17, 15) is 4.39 Å². The van der Waals surface area contributed by atoms with Gasteiger partial charge < -0.3 is 25.4 Å². The molecule has 1 aliphatic rings. The zero-order chi connectivity index (χ0) is 25.8. The molecule has 0 aromatic heterocycles. The average Bonchev–Trinajstić information content (AvgIpc) is 2.86. The molecule has 1 heterocycles. The van der Waals surface area contributed by atoms with E-state index in [1.54, 1.807) is 26.2 Å². The second-order valence-corrected chi connectivity index (χ2v) is 8.54. The average molecular weight is 530 g/mol. The zero-order valence-electron chi connectivity index (χ0n) is 20.4. The van der Waals surface area contributed by atoms with Gasteiger partial charge in [-0.3, -0.25) is 4.90 Å². The van der Waals surface area contributed by atoms with Gasteiger partial charge in [-0.05, 0) is 37.1 Å². The van der Waals surface area contributed by atoms with Crippen LogP contribution in [-0.4, -0.2) is 63.2 Å². The number of nitrogen functional groups attached to an aromatic ring is 1. The molecule has 35 heavy (non-hydrogen) atoms. The summed E-state index contributed by atoms with van der Waals surface area (Å²) in [7, 11) is 1.55. The number of anilines is 1. The Hall–Kier alpha value is -2.30. The van der Waals surface area contributed by atoms with Crippen molar-refractivity contribution in [1.82, 2.24) is 10.3 Å². The summed E-state index contributed by atoms with van der Waals surface area (Å²) in [4.78, 5) is 6.83. The number of hydrogen-bond donors (Lipinski definition) is 3. The summed E-state index contributed by atoms with van der Waals surface area (Å²) in [6, 6.07) is 6.15. The molecule has 2 aromatic rings. The van der Waals surface area contributed by atoms with Crippen molar-refractivity contribution in [2.24, 2.45) is 10.8 Å². The summed E-state index contributed by atoms with van der Waals surface area (Å²) < 4.78 is 30.4. The Balaban J connectivity index is 0.00000137. The highest BCUT2D eigenvalue weighted by Crippen LogP contribution is 2.34. The molecule has 1 saturated heterocycles. The van der Waals surface area contributed by atoms with Crippen molar-refractivity contribution in [3.8, 4) is 11.5 Å². The fraction of sp³-hybridized carbons (Fsp3) is 0.458. The monoisotopic (exact) mass is 529 g/mol. The van der Waals surface area contributed by atoms with Crippen LogP contribution in [0.25, 0.3) is 0 Å². The molecule has 0 aliphatic carbocycles. The first-order valence-corrected chi connectivity index (χ1v) is 12.2. The van der Waals surface area contributed by atoms with Crippen LogP contribution >= 0.6 is 23.2 Å². The first-order valence-electron chi connectivity index (χ1n) is 11.3. The predicted octanol–water partition coefficient (Wildman–Crippen LogP) is 4.27. The van der Waals surface area contributed by atoms with Gasteiger partial charge in [-0.1, -0.05) is 18.5 Å². The van der Waals surface area contributed by atoms with Gasteiger partial charge in [-0.15, -0.1) is 11.6 Å². The van der Waals surface area contributed by atoms with E-state index in [0.29, 0.717) is 40.6 Å². The maximum absolute atomic E-state index is 13.7. The van der Waals surface area contributed by atoms with Crippen LogP contribution in [0.4, 0.5) is 15.8 Å². The number of alkyl halides is 1. The minimum atomic E-state index is -0.512. The highest BCUT2D eigenvalue weighted by atomic mass is 35.5. The first kappa shape index (κ1) is 28.9. The van der Waals surface area contributed by atoms with Gasteiger partial charge in [0, 0.05) is 42.8 Å². The summed E-state index contributed by atoms with van der Waals surface area (Å²) >= 11 is 11.0. The third-order valence-corrected chi connectivity index (χ3v) is 5.71. The molecule has 2 aromatic carbocycles. The second-order valence-electron chi connectivity index (χ2n) is 7.62. The van der Waals surface area contributed by atoms with Crippen LogP contribution in [-0.2, 0) is 4.74 Å². The molecule has 11 heteroatoms. The lowest BCUT2D eigenvalue weighted by molar-refractivity contribution is 0.0357. The number of hydrazine groups is 1. The van der Waals surface area contributed by atoms with E-state index in [4.69, 9.17) is 49.0 Å². The minimum absolute atomic E-state index is 0.00833.